The van der Waals surface area contributed by atoms with Crippen molar-refractivity contribution in [1.29, 1.82) is 0 Å². The monoisotopic (exact) mass is 351 g/mol. The van der Waals surface area contributed by atoms with Gasteiger partial charge in [0.15, 0.2) is 5.75 Å². The highest BCUT2D eigenvalue weighted by Crippen LogP contribution is 2.47. The molecule has 0 saturated carbocycles. The Kier molecular flexibility index (Phi) is 3.02. The summed E-state index contributed by atoms with van der Waals surface area (Å²) in [6.45, 7) is 5.06. The van der Waals surface area contributed by atoms with Crippen molar-refractivity contribution in [3.05, 3.63) is 45.3 Å². The lowest BCUT2D eigenvalue weighted by molar-refractivity contribution is -0.138. The third-order valence-electron chi connectivity index (χ3n) is 3.37. The highest BCUT2D eigenvalue weighted by molar-refractivity contribution is 9.10. The normalized spacial score (nSPS) is 25.7. The maximum absolute atomic E-state index is 12.1. The number of carbonyl (C=O) groups excluding carboxylic acids is 1. The van der Waals surface area contributed by atoms with Gasteiger partial charge in [-0.15, -0.1) is 0 Å². The number of benzene rings is 1. The van der Waals surface area contributed by atoms with Crippen molar-refractivity contribution in [3.63, 3.8) is 0 Å². The lowest BCUT2D eigenvalue weighted by Crippen LogP contribution is -2.47. The van der Waals surface area contributed by atoms with E-state index in [1.54, 1.807) is 13.0 Å². The van der Waals surface area contributed by atoms with Gasteiger partial charge in [0.2, 0.25) is 5.72 Å². The van der Waals surface area contributed by atoms with E-state index in [9.17, 15) is 9.90 Å². The summed E-state index contributed by atoms with van der Waals surface area (Å²) >= 11 is 3.45. The second kappa shape index (κ2) is 4.53. The number of aliphatic hydroxyl groups is 1. The molecule has 1 aromatic rings. The molecule has 2 heterocycles. The first-order chi connectivity index (χ1) is 9.82. The van der Waals surface area contributed by atoms with Gasteiger partial charge in [0.25, 0.3) is 0 Å². The highest BCUT2D eigenvalue weighted by atomic mass is 79.9. The summed E-state index contributed by atoms with van der Waals surface area (Å²) in [5.74, 6) is 0.247. The Morgan fingerprint density at radius 2 is 2.10 bits per heavy atom. The molecular formula is C15H14BrNO4. The maximum Gasteiger partial charge on any atom is 0.349 e. The number of rotatable bonds is 0. The van der Waals surface area contributed by atoms with Crippen LogP contribution in [0.2, 0.25) is 0 Å². The van der Waals surface area contributed by atoms with Crippen LogP contribution < -0.4 is 10.1 Å². The smallest absolute Gasteiger partial charge is 0.349 e. The zero-order chi connectivity index (χ0) is 15.4. The van der Waals surface area contributed by atoms with Crippen LogP contribution in [0.4, 0.5) is 5.69 Å². The Labute approximate surface area is 130 Å². The molecule has 5 nitrogen and oxygen atoms in total. The molecule has 0 aromatic heterocycles. The second-order valence-electron chi connectivity index (χ2n) is 5.19. The van der Waals surface area contributed by atoms with E-state index in [1.165, 1.54) is 6.92 Å². The van der Waals surface area contributed by atoms with Crippen LogP contribution in [0.1, 0.15) is 19.4 Å². The van der Waals surface area contributed by atoms with Crippen molar-refractivity contribution in [3.8, 4) is 5.75 Å². The van der Waals surface area contributed by atoms with E-state index in [-0.39, 0.29) is 11.3 Å². The van der Waals surface area contributed by atoms with Crippen LogP contribution >= 0.6 is 15.9 Å². The third kappa shape index (κ3) is 2.10. The fourth-order valence-electron chi connectivity index (χ4n) is 2.64. The van der Waals surface area contributed by atoms with Gasteiger partial charge in [-0.25, -0.2) is 4.79 Å². The molecule has 1 aromatic carbocycles. The van der Waals surface area contributed by atoms with E-state index >= 15 is 0 Å². The highest BCUT2D eigenvalue weighted by Gasteiger charge is 2.49. The molecule has 0 unspecified atom stereocenters. The van der Waals surface area contributed by atoms with E-state index in [0.29, 0.717) is 11.5 Å². The van der Waals surface area contributed by atoms with E-state index in [0.717, 1.165) is 15.7 Å². The van der Waals surface area contributed by atoms with Crippen LogP contribution in [-0.2, 0) is 9.53 Å². The molecule has 110 valence electrons. The Hall–Kier alpha value is -1.95. The quantitative estimate of drug-likeness (QED) is 0.425. The number of allylic oxidation sites excluding steroid dienone is 2. The van der Waals surface area contributed by atoms with Gasteiger partial charge in [-0.3, -0.25) is 0 Å². The Morgan fingerprint density at radius 1 is 1.38 bits per heavy atom. The molecule has 0 bridgehead atoms. The molecule has 2 aliphatic heterocycles. The molecule has 0 radical (unpaired) electrons. The van der Waals surface area contributed by atoms with Crippen LogP contribution in [0.25, 0.3) is 0 Å². The van der Waals surface area contributed by atoms with E-state index in [1.807, 2.05) is 19.1 Å². The zero-order valence-corrected chi connectivity index (χ0v) is 13.4. The molecule has 0 amide bonds. The Morgan fingerprint density at radius 3 is 2.76 bits per heavy atom. The fraction of sp³-hybridized carbons (Fsp3) is 0.267. The molecule has 0 aliphatic carbocycles. The zero-order valence-electron chi connectivity index (χ0n) is 11.8. The van der Waals surface area contributed by atoms with Gasteiger partial charge in [-0.1, -0.05) is 0 Å². The maximum atomic E-state index is 12.1. The van der Waals surface area contributed by atoms with Crippen LogP contribution in [0, 0.1) is 6.92 Å². The number of cyclic esters (lactones) is 1. The summed E-state index contributed by atoms with van der Waals surface area (Å²) in [6.07, 6.45) is 1.64. The van der Waals surface area contributed by atoms with Crippen LogP contribution in [0.5, 0.6) is 5.75 Å². The molecule has 0 fully saturated rings. The van der Waals surface area contributed by atoms with Gasteiger partial charge in [0.1, 0.15) is 17.1 Å². The number of nitrogens with one attached hydrogen (secondary N) is 1. The SMILES string of the molecule is CC1=C[C@]2(Nc3cc(C)cc(Br)c3O2)C(=C(C)O)C(=O)O1. The number of aryl methyl sites for hydroxylation is 1. The minimum Gasteiger partial charge on any atom is -0.512 e. The van der Waals surface area contributed by atoms with E-state index in [2.05, 4.69) is 21.2 Å². The molecule has 3 rings (SSSR count). The first-order valence-electron chi connectivity index (χ1n) is 6.42. The predicted octanol–water partition coefficient (Wildman–Crippen LogP) is 3.55. The number of fused-ring (bicyclic) bond motifs is 1. The number of carbonyl (C=O) groups is 1. The lowest BCUT2D eigenvalue weighted by Gasteiger charge is -2.31. The summed E-state index contributed by atoms with van der Waals surface area (Å²) < 4.78 is 11.8. The van der Waals surface area contributed by atoms with Crippen molar-refractivity contribution in [1.82, 2.24) is 0 Å². The van der Waals surface area contributed by atoms with Crippen molar-refractivity contribution >= 4 is 27.6 Å². The average molecular weight is 352 g/mol. The first-order valence-corrected chi connectivity index (χ1v) is 7.21. The largest absolute Gasteiger partial charge is 0.512 e. The fourth-order valence-corrected chi connectivity index (χ4v) is 3.30. The number of esters is 1. The summed E-state index contributed by atoms with van der Waals surface area (Å²) in [5.41, 5.74) is 0.601. The van der Waals surface area contributed by atoms with Gasteiger partial charge >= 0.3 is 5.97 Å². The van der Waals surface area contributed by atoms with E-state index in [4.69, 9.17) is 9.47 Å². The number of hydrogen-bond donors (Lipinski definition) is 2. The van der Waals surface area contributed by atoms with Crippen molar-refractivity contribution in [2.24, 2.45) is 0 Å². The minimum atomic E-state index is -1.24. The molecular weight excluding hydrogens is 338 g/mol. The number of ether oxygens (including phenoxy) is 2. The van der Waals surface area contributed by atoms with Gasteiger partial charge in [0.05, 0.1) is 10.2 Å². The summed E-state index contributed by atoms with van der Waals surface area (Å²) in [5, 5.41) is 13.1. The first kappa shape index (κ1) is 14.0. The molecule has 1 spiro atoms. The van der Waals surface area contributed by atoms with Crippen molar-refractivity contribution in [2.75, 3.05) is 5.32 Å². The topological polar surface area (TPSA) is 67.8 Å². The van der Waals surface area contributed by atoms with Crippen LogP contribution in [0.3, 0.4) is 0 Å². The summed E-state index contributed by atoms with van der Waals surface area (Å²) in [7, 11) is 0. The van der Waals surface area contributed by atoms with Gasteiger partial charge in [-0.2, -0.15) is 0 Å². The van der Waals surface area contributed by atoms with Gasteiger partial charge < -0.3 is 19.9 Å². The number of hydrogen-bond acceptors (Lipinski definition) is 5. The van der Waals surface area contributed by atoms with Crippen LogP contribution in [-0.4, -0.2) is 16.8 Å². The lowest BCUT2D eigenvalue weighted by atomic mass is 9.98. The number of aliphatic hydroxyl groups excluding tert-OH is 1. The molecule has 1 atom stereocenters. The van der Waals surface area contributed by atoms with Crippen LogP contribution in [0.15, 0.2) is 39.8 Å². The van der Waals surface area contributed by atoms with Gasteiger partial charge in [0, 0.05) is 6.08 Å². The van der Waals surface area contributed by atoms with Gasteiger partial charge in [-0.05, 0) is 54.4 Å². The predicted molar refractivity (Wildman–Crippen MR) is 81.0 cm³/mol. The Bertz CT molecular complexity index is 719. The molecule has 0 saturated heterocycles. The van der Waals surface area contributed by atoms with Crippen molar-refractivity contribution in [2.45, 2.75) is 26.5 Å². The molecule has 6 heteroatoms. The average Bonchev–Trinajstić information content (AvgIpc) is 2.65. The number of halogens is 1. The Balaban J connectivity index is 2.19. The molecule has 21 heavy (non-hydrogen) atoms. The number of anilines is 1. The molecule has 2 N–H and O–H groups in total. The second-order valence-corrected chi connectivity index (χ2v) is 6.05. The van der Waals surface area contributed by atoms with E-state index < -0.39 is 11.7 Å². The standard InChI is InChI=1S/C15H14BrNO4/c1-7-4-10(16)13-11(5-7)17-15(21-13)6-8(2)20-14(19)12(15)9(3)18/h4-6,17-18H,1-3H3/t15-/m1/s1. The van der Waals surface area contributed by atoms with Crippen molar-refractivity contribution < 1.29 is 19.4 Å². The summed E-state index contributed by atoms with van der Waals surface area (Å²) in [4.78, 5) is 12.1. The molecule has 2 aliphatic rings. The third-order valence-corrected chi connectivity index (χ3v) is 3.96. The minimum absolute atomic E-state index is 0.0499. The summed E-state index contributed by atoms with van der Waals surface area (Å²) in [6, 6.07) is 3.84.